The fraction of sp³-hybridized carbons (Fsp3) is 0.389. The van der Waals surface area contributed by atoms with E-state index < -0.39 is 34.7 Å². The van der Waals surface area contributed by atoms with Crippen molar-refractivity contribution in [3.05, 3.63) is 57.5 Å². The maximum Gasteiger partial charge on any atom is 0.416 e. The Bertz CT molecular complexity index is 868. The van der Waals surface area contributed by atoms with Gasteiger partial charge in [-0.25, -0.2) is 4.98 Å². The first kappa shape index (κ1) is 20.5. The van der Waals surface area contributed by atoms with E-state index in [0.29, 0.717) is 5.56 Å². The Morgan fingerprint density at radius 1 is 1.15 bits per heavy atom. The van der Waals surface area contributed by atoms with Gasteiger partial charge in [0, 0.05) is 13.1 Å². The number of aromatic nitrogens is 2. The van der Waals surface area contributed by atoms with Crippen LogP contribution in [0, 0.1) is 5.41 Å². The van der Waals surface area contributed by atoms with Crippen molar-refractivity contribution in [3.8, 4) is 0 Å². The second-order valence-corrected chi connectivity index (χ2v) is 7.12. The van der Waals surface area contributed by atoms with Gasteiger partial charge in [0.15, 0.2) is 0 Å². The zero-order valence-corrected chi connectivity index (χ0v) is 15.4. The van der Waals surface area contributed by atoms with Gasteiger partial charge < -0.3 is 10.6 Å². The molecule has 0 spiro atoms. The van der Waals surface area contributed by atoms with E-state index in [0.717, 1.165) is 18.2 Å². The molecule has 0 radical (unpaired) electrons. The molecule has 1 atom stereocenters. The van der Waals surface area contributed by atoms with Crippen LogP contribution in [-0.4, -0.2) is 22.9 Å². The molecule has 0 unspecified atom stereocenters. The first-order valence-electron chi connectivity index (χ1n) is 8.19. The molecule has 1 aromatic heterocycles. The predicted octanol–water partition coefficient (Wildman–Crippen LogP) is 3.35. The van der Waals surface area contributed by atoms with Crippen LogP contribution in [0.4, 0.5) is 19.1 Å². The molecule has 27 heavy (non-hydrogen) atoms. The van der Waals surface area contributed by atoms with Gasteiger partial charge in [-0.2, -0.15) is 13.2 Å². The third-order valence-electron chi connectivity index (χ3n) is 3.92. The summed E-state index contributed by atoms with van der Waals surface area (Å²) in [5, 5.41) is 5.41. The zero-order chi connectivity index (χ0) is 20.4. The molecule has 2 rings (SSSR count). The van der Waals surface area contributed by atoms with E-state index in [4.69, 9.17) is 0 Å². The minimum atomic E-state index is -4.43. The van der Waals surface area contributed by atoms with Crippen LogP contribution in [0.1, 0.15) is 48.4 Å². The number of amides is 1. The molecule has 3 N–H and O–H groups in total. The number of alkyl halides is 3. The Morgan fingerprint density at radius 2 is 1.74 bits per heavy atom. The van der Waals surface area contributed by atoms with Gasteiger partial charge in [-0.15, -0.1) is 0 Å². The van der Waals surface area contributed by atoms with E-state index in [-0.39, 0.29) is 11.6 Å². The number of anilines is 1. The summed E-state index contributed by atoms with van der Waals surface area (Å²) in [4.78, 5) is 30.6. The second kappa shape index (κ2) is 7.42. The number of carbonyl (C=O) groups is 1. The summed E-state index contributed by atoms with van der Waals surface area (Å²) in [7, 11) is 1.54. The standard InChI is InChI=1S/C18H21F3N4O2/c1-17(2,3)14(10-5-7-11(8-6-10)18(19,20)21)25-15(27)12-9-13(26)24-16(22-4)23-12/h5-9,14H,1-4H3,(H,25,27)(H2,22,23,24,26)/t14-/m0/s1. The van der Waals surface area contributed by atoms with Gasteiger partial charge in [-0.05, 0) is 23.1 Å². The molecule has 0 aliphatic rings. The molecule has 0 saturated carbocycles. The van der Waals surface area contributed by atoms with Crippen molar-refractivity contribution in [1.29, 1.82) is 0 Å². The van der Waals surface area contributed by atoms with Crippen LogP contribution in [0.3, 0.4) is 0 Å². The topological polar surface area (TPSA) is 86.9 Å². The van der Waals surface area contributed by atoms with Crippen LogP contribution in [0.25, 0.3) is 0 Å². The maximum absolute atomic E-state index is 12.8. The third kappa shape index (κ3) is 5.08. The van der Waals surface area contributed by atoms with Crippen molar-refractivity contribution in [2.75, 3.05) is 12.4 Å². The summed E-state index contributed by atoms with van der Waals surface area (Å²) in [6.45, 7) is 5.54. The van der Waals surface area contributed by atoms with Gasteiger partial charge in [0.25, 0.3) is 11.5 Å². The van der Waals surface area contributed by atoms with Crippen LogP contribution >= 0.6 is 0 Å². The SMILES string of the molecule is CNc1nc(C(=O)N[C@@H](c2ccc(C(F)(F)F)cc2)C(C)(C)C)cc(=O)[nH]1. The van der Waals surface area contributed by atoms with Crippen molar-refractivity contribution in [2.24, 2.45) is 5.41 Å². The molecule has 0 aliphatic carbocycles. The molecule has 2 aromatic rings. The van der Waals surface area contributed by atoms with E-state index in [1.807, 2.05) is 20.8 Å². The summed E-state index contributed by atoms with van der Waals surface area (Å²) in [6, 6.07) is 5.09. The highest BCUT2D eigenvalue weighted by Crippen LogP contribution is 2.35. The number of benzene rings is 1. The Morgan fingerprint density at radius 3 is 2.22 bits per heavy atom. The molecular formula is C18H21F3N4O2. The number of nitrogens with one attached hydrogen (secondary N) is 3. The Hall–Kier alpha value is -2.84. The summed E-state index contributed by atoms with van der Waals surface area (Å²) >= 11 is 0. The van der Waals surface area contributed by atoms with Gasteiger partial charge in [0.05, 0.1) is 11.6 Å². The summed E-state index contributed by atoms with van der Waals surface area (Å²) in [6.07, 6.45) is -4.43. The first-order chi connectivity index (χ1) is 12.4. The van der Waals surface area contributed by atoms with Crippen LogP contribution in [0.2, 0.25) is 0 Å². The molecule has 1 amide bonds. The number of rotatable bonds is 4. The number of halogens is 3. The van der Waals surface area contributed by atoms with E-state index in [2.05, 4.69) is 20.6 Å². The third-order valence-corrected chi connectivity index (χ3v) is 3.92. The largest absolute Gasteiger partial charge is 0.416 e. The Labute approximate surface area is 154 Å². The molecule has 0 saturated heterocycles. The van der Waals surface area contributed by atoms with Crippen molar-refractivity contribution in [3.63, 3.8) is 0 Å². The highest BCUT2D eigenvalue weighted by Gasteiger charge is 2.32. The Balaban J connectivity index is 2.34. The van der Waals surface area contributed by atoms with Crippen LogP contribution in [-0.2, 0) is 6.18 Å². The van der Waals surface area contributed by atoms with Gasteiger partial charge in [-0.1, -0.05) is 32.9 Å². The number of hydrogen-bond donors (Lipinski definition) is 3. The average molecular weight is 382 g/mol. The predicted molar refractivity (Wildman–Crippen MR) is 95.5 cm³/mol. The number of H-pyrrole nitrogens is 1. The minimum absolute atomic E-state index is 0.0933. The monoisotopic (exact) mass is 382 g/mol. The minimum Gasteiger partial charge on any atom is -0.359 e. The normalized spacial score (nSPS) is 13.1. The lowest BCUT2D eigenvalue weighted by atomic mass is 9.82. The fourth-order valence-electron chi connectivity index (χ4n) is 2.56. The second-order valence-electron chi connectivity index (χ2n) is 7.12. The van der Waals surface area contributed by atoms with Crippen molar-refractivity contribution in [2.45, 2.75) is 33.0 Å². The maximum atomic E-state index is 12.8. The van der Waals surface area contributed by atoms with Crippen LogP contribution in [0.5, 0.6) is 0 Å². The quantitative estimate of drug-likeness (QED) is 0.757. The molecule has 0 aliphatic heterocycles. The van der Waals surface area contributed by atoms with E-state index in [1.165, 1.54) is 12.1 Å². The zero-order valence-electron chi connectivity index (χ0n) is 15.4. The first-order valence-corrected chi connectivity index (χ1v) is 8.19. The highest BCUT2D eigenvalue weighted by molar-refractivity contribution is 5.92. The number of aromatic amines is 1. The van der Waals surface area contributed by atoms with E-state index in [9.17, 15) is 22.8 Å². The lowest BCUT2D eigenvalue weighted by Gasteiger charge is -2.32. The van der Waals surface area contributed by atoms with E-state index >= 15 is 0 Å². The number of hydrogen-bond acceptors (Lipinski definition) is 4. The number of nitrogens with zero attached hydrogens (tertiary/aromatic N) is 1. The average Bonchev–Trinajstić information content (AvgIpc) is 2.57. The molecule has 6 nitrogen and oxygen atoms in total. The smallest absolute Gasteiger partial charge is 0.359 e. The lowest BCUT2D eigenvalue weighted by molar-refractivity contribution is -0.137. The van der Waals surface area contributed by atoms with Crippen molar-refractivity contribution < 1.29 is 18.0 Å². The van der Waals surface area contributed by atoms with Crippen LogP contribution < -0.4 is 16.2 Å². The molecule has 146 valence electrons. The number of carbonyl (C=O) groups excluding carboxylic acids is 1. The summed E-state index contributed by atoms with van der Waals surface area (Å²) < 4.78 is 38.3. The van der Waals surface area contributed by atoms with Gasteiger partial charge in [0.2, 0.25) is 5.95 Å². The molecule has 9 heteroatoms. The molecule has 0 fully saturated rings. The summed E-state index contributed by atoms with van der Waals surface area (Å²) in [5.41, 5.74) is -1.34. The van der Waals surface area contributed by atoms with Crippen molar-refractivity contribution >= 4 is 11.9 Å². The molecule has 1 aromatic carbocycles. The molecule has 1 heterocycles. The summed E-state index contributed by atoms with van der Waals surface area (Å²) in [5.74, 6) is -0.466. The molecule has 0 bridgehead atoms. The van der Waals surface area contributed by atoms with Crippen molar-refractivity contribution in [1.82, 2.24) is 15.3 Å². The van der Waals surface area contributed by atoms with Gasteiger partial charge in [0.1, 0.15) is 5.69 Å². The van der Waals surface area contributed by atoms with Gasteiger partial charge >= 0.3 is 6.18 Å². The highest BCUT2D eigenvalue weighted by atomic mass is 19.4. The molecular weight excluding hydrogens is 361 g/mol. The Kier molecular flexibility index (Phi) is 5.62. The van der Waals surface area contributed by atoms with E-state index in [1.54, 1.807) is 7.05 Å². The fourth-order valence-corrected chi connectivity index (χ4v) is 2.56. The lowest BCUT2D eigenvalue weighted by Crippen LogP contribution is -2.37. The van der Waals surface area contributed by atoms with Gasteiger partial charge in [-0.3, -0.25) is 14.6 Å². The van der Waals surface area contributed by atoms with Crippen LogP contribution in [0.15, 0.2) is 35.1 Å².